The van der Waals surface area contributed by atoms with Gasteiger partial charge < -0.3 is 14.6 Å². The zero-order valence-electron chi connectivity index (χ0n) is 15.1. The lowest BCUT2D eigenvalue weighted by atomic mass is 9.96. The molecule has 3 rings (SSSR count). The number of fused-ring (bicyclic) bond motifs is 1. The van der Waals surface area contributed by atoms with Crippen molar-refractivity contribution in [2.45, 2.75) is 12.8 Å². The predicted molar refractivity (Wildman–Crippen MR) is 103 cm³/mol. The summed E-state index contributed by atoms with van der Waals surface area (Å²) < 4.78 is 61.6. The number of ketones is 1. The maximum Gasteiger partial charge on any atom is 0.573 e. The Morgan fingerprint density at radius 2 is 2.03 bits per heavy atom. The molecule has 0 aliphatic heterocycles. The van der Waals surface area contributed by atoms with Gasteiger partial charge >= 0.3 is 6.36 Å². The Hall–Kier alpha value is -2.27. The molecule has 1 N–H and O–H groups in total. The molecule has 5 nitrogen and oxygen atoms in total. The number of aliphatic hydroxyl groups excluding tert-OH is 1. The van der Waals surface area contributed by atoms with Crippen LogP contribution in [0.1, 0.15) is 21.5 Å². The first kappa shape index (κ1) is 22.4. The standard InChI is InChI=1S/C19H14ClF4NO4S/c20-14-6-11(29-19(22,23)24)2-1-10(14)5-13-12(15(27)8-28-4-3-26)7-16-18(17(13)21)25-9-30-16/h1-2,6-7,9,26H,3-5,8H2. The van der Waals surface area contributed by atoms with Crippen LogP contribution in [-0.4, -0.2) is 42.1 Å². The fourth-order valence-electron chi connectivity index (χ4n) is 2.79. The second-order valence-electron chi connectivity index (χ2n) is 6.09. The maximum absolute atomic E-state index is 15.1. The van der Waals surface area contributed by atoms with Crippen LogP contribution in [0.3, 0.4) is 0 Å². The lowest BCUT2D eigenvalue weighted by Gasteiger charge is -2.14. The molecule has 0 saturated carbocycles. The van der Waals surface area contributed by atoms with Gasteiger partial charge in [-0.1, -0.05) is 17.7 Å². The van der Waals surface area contributed by atoms with Gasteiger partial charge in [-0.05, 0) is 23.8 Å². The SMILES string of the molecule is O=C(COCCO)c1cc2scnc2c(F)c1Cc1ccc(OC(F)(F)F)cc1Cl. The number of benzene rings is 2. The van der Waals surface area contributed by atoms with E-state index in [4.69, 9.17) is 21.4 Å². The molecule has 0 aliphatic rings. The quantitative estimate of drug-likeness (QED) is 0.296. The molecule has 0 atom stereocenters. The monoisotopic (exact) mass is 463 g/mol. The molecule has 160 valence electrons. The van der Waals surface area contributed by atoms with E-state index in [1.165, 1.54) is 17.6 Å². The Morgan fingerprint density at radius 1 is 1.27 bits per heavy atom. The van der Waals surface area contributed by atoms with Crippen molar-refractivity contribution in [3.63, 3.8) is 0 Å². The molecule has 1 heterocycles. The number of halogens is 5. The Kier molecular flexibility index (Phi) is 6.91. The van der Waals surface area contributed by atoms with Crippen molar-refractivity contribution in [2.75, 3.05) is 19.8 Å². The highest BCUT2D eigenvalue weighted by atomic mass is 35.5. The summed E-state index contributed by atoms with van der Waals surface area (Å²) in [6.07, 6.45) is -5.04. The van der Waals surface area contributed by atoms with Gasteiger partial charge in [0, 0.05) is 22.6 Å². The van der Waals surface area contributed by atoms with Crippen molar-refractivity contribution < 1.29 is 36.9 Å². The van der Waals surface area contributed by atoms with E-state index in [9.17, 15) is 18.0 Å². The van der Waals surface area contributed by atoms with Crippen molar-refractivity contribution in [1.82, 2.24) is 4.98 Å². The van der Waals surface area contributed by atoms with Gasteiger partial charge in [-0.3, -0.25) is 4.79 Å². The number of hydrogen-bond acceptors (Lipinski definition) is 6. The van der Waals surface area contributed by atoms with Gasteiger partial charge in [-0.25, -0.2) is 9.37 Å². The van der Waals surface area contributed by atoms with Crippen molar-refractivity contribution in [3.05, 3.63) is 57.3 Å². The highest BCUT2D eigenvalue weighted by Gasteiger charge is 2.31. The van der Waals surface area contributed by atoms with Crippen molar-refractivity contribution in [3.8, 4) is 5.75 Å². The van der Waals surface area contributed by atoms with Crippen LogP contribution in [0, 0.1) is 5.82 Å². The third-order valence-electron chi connectivity index (χ3n) is 4.06. The number of alkyl halides is 3. The molecule has 0 bridgehead atoms. The molecule has 3 aromatic rings. The van der Waals surface area contributed by atoms with Crippen molar-refractivity contribution in [2.24, 2.45) is 0 Å². The van der Waals surface area contributed by atoms with Crippen LogP contribution in [0.4, 0.5) is 17.6 Å². The molecular weight excluding hydrogens is 450 g/mol. The lowest BCUT2D eigenvalue weighted by Crippen LogP contribution is -2.17. The minimum atomic E-state index is -4.87. The van der Waals surface area contributed by atoms with Gasteiger partial charge in [0.1, 0.15) is 17.9 Å². The number of carbonyl (C=O) groups is 1. The van der Waals surface area contributed by atoms with E-state index in [2.05, 4.69) is 9.72 Å². The van der Waals surface area contributed by atoms with Crippen LogP contribution in [0.5, 0.6) is 5.75 Å². The molecule has 0 aliphatic carbocycles. The van der Waals surface area contributed by atoms with Crippen LogP contribution in [0.25, 0.3) is 10.2 Å². The first-order valence-electron chi connectivity index (χ1n) is 8.50. The summed E-state index contributed by atoms with van der Waals surface area (Å²) in [5.74, 6) is -1.74. The zero-order chi connectivity index (χ0) is 21.9. The number of aliphatic hydroxyl groups is 1. The smallest absolute Gasteiger partial charge is 0.406 e. The van der Waals surface area contributed by atoms with Gasteiger partial charge in [0.25, 0.3) is 0 Å². The Bertz CT molecular complexity index is 1070. The fourth-order valence-corrected chi connectivity index (χ4v) is 3.74. The van der Waals surface area contributed by atoms with E-state index < -0.39 is 23.7 Å². The largest absolute Gasteiger partial charge is 0.573 e. The normalized spacial score (nSPS) is 11.8. The number of thiazole rings is 1. The summed E-state index contributed by atoms with van der Waals surface area (Å²) in [6.45, 7) is -0.702. The highest BCUT2D eigenvalue weighted by molar-refractivity contribution is 7.16. The summed E-state index contributed by atoms with van der Waals surface area (Å²) in [5, 5.41) is 8.70. The maximum atomic E-state index is 15.1. The van der Waals surface area contributed by atoms with Crippen molar-refractivity contribution >= 4 is 38.9 Å². The van der Waals surface area contributed by atoms with E-state index in [0.717, 1.165) is 23.5 Å². The average Bonchev–Trinajstić information content (AvgIpc) is 3.13. The predicted octanol–water partition coefficient (Wildman–Crippen LogP) is 4.77. The number of Topliss-reactive ketones (excluding diaryl/α,β-unsaturated/α-hetero) is 1. The molecule has 30 heavy (non-hydrogen) atoms. The molecule has 0 unspecified atom stereocenters. The molecule has 0 amide bonds. The summed E-state index contributed by atoms with van der Waals surface area (Å²) in [6, 6.07) is 4.78. The average molecular weight is 464 g/mol. The van der Waals surface area contributed by atoms with Gasteiger partial charge in [0.05, 0.1) is 23.4 Å². The van der Waals surface area contributed by atoms with Gasteiger partial charge in [0.2, 0.25) is 0 Å². The number of ether oxygens (including phenoxy) is 2. The van der Waals surface area contributed by atoms with E-state index in [1.807, 2.05) is 0 Å². The summed E-state index contributed by atoms with van der Waals surface area (Å²) >= 11 is 7.22. The van der Waals surface area contributed by atoms with Crippen LogP contribution in [0.15, 0.2) is 29.8 Å². The van der Waals surface area contributed by atoms with E-state index >= 15 is 4.39 Å². The first-order chi connectivity index (χ1) is 14.2. The van der Waals surface area contributed by atoms with Gasteiger partial charge in [-0.15, -0.1) is 24.5 Å². The molecule has 0 saturated heterocycles. The first-order valence-corrected chi connectivity index (χ1v) is 9.76. The Balaban J connectivity index is 1.97. The second-order valence-corrected chi connectivity index (χ2v) is 7.39. The van der Waals surface area contributed by atoms with Crippen molar-refractivity contribution in [1.29, 1.82) is 0 Å². The summed E-state index contributed by atoms with van der Waals surface area (Å²) in [7, 11) is 0. The van der Waals surface area contributed by atoms with E-state index in [1.54, 1.807) is 0 Å². The number of rotatable bonds is 8. The van der Waals surface area contributed by atoms with Crippen LogP contribution in [-0.2, 0) is 11.2 Å². The molecular formula is C19H14ClF4NO4S. The zero-order valence-corrected chi connectivity index (χ0v) is 16.7. The van der Waals surface area contributed by atoms with Crippen LogP contribution < -0.4 is 4.74 Å². The molecule has 1 aromatic heterocycles. The molecule has 0 spiro atoms. The second kappa shape index (κ2) is 9.25. The summed E-state index contributed by atoms with van der Waals surface area (Å²) in [4.78, 5) is 16.5. The lowest BCUT2D eigenvalue weighted by molar-refractivity contribution is -0.274. The Labute approximate surface area is 176 Å². The Morgan fingerprint density at radius 3 is 2.70 bits per heavy atom. The third-order valence-corrected chi connectivity index (χ3v) is 5.19. The molecule has 0 radical (unpaired) electrons. The topological polar surface area (TPSA) is 68.7 Å². The minimum Gasteiger partial charge on any atom is -0.406 e. The highest BCUT2D eigenvalue weighted by Crippen LogP contribution is 2.32. The molecule has 0 fully saturated rings. The minimum absolute atomic E-state index is 0.00242. The van der Waals surface area contributed by atoms with Gasteiger partial charge in [0.15, 0.2) is 11.6 Å². The van der Waals surface area contributed by atoms with E-state index in [-0.39, 0.29) is 47.9 Å². The van der Waals surface area contributed by atoms with Crippen LogP contribution in [0.2, 0.25) is 5.02 Å². The number of hydrogen-bond donors (Lipinski definition) is 1. The van der Waals surface area contributed by atoms with Gasteiger partial charge in [-0.2, -0.15) is 0 Å². The third kappa shape index (κ3) is 5.25. The number of carbonyl (C=O) groups excluding carboxylic acids is 1. The summed E-state index contributed by atoms with van der Waals surface area (Å²) in [5.41, 5.74) is 1.86. The van der Waals surface area contributed by atoms with E-state index in [0.29, 0.717) is 10.3 Å². The molecule has 11 heteroatoms. The molecule has 2 aromatic carbocycles. The fraction of sp³-hybridized carbons (Fsp3) is 0.263. The number of aromatic nitrogens is 1. The van der Waals surface area contributed by atoms with Crippen LogP contribution >= 0.6 is 22.9 Å². The number of nitrogens with zero attached hydrogens (tertiary/aromatic N) is 1.